The molecule has 1 aromatic heterocycles. The van der Waals surface area contributed by atoms with Crippen LogP contribution in [0.3, 0.4) is 0 Å². The summed E-state index contributed by atoms with van der Waals surface area (Å²) in [7, 11) is 0. The highest BCUT2D eigenvalue weighted by Crippen LogP contribution is 2.31. The van der Waals surface area contributed by atoms with Gasteiger partial charge in [0.1, 0.15) is 29.0 Å². The first-order chi connectivity index (χ1) is 10.1. The minimum absolute atomic E-state index is 0.336. The van der Waals surface area contributed by atoms with Gasteiger partial charge in [0, 0.05) is 10.9 Å². The van der Waals surface area contributed by atoms with Crippen molar-refractivity contribution >= 4 is 26.9 Å². The van der Waals surface area contributed by atoms with Crippen LogP contribution in [0.2, 0.25) is 0 Å². The van der Waals surface area contributed by atoms with Crippen molar-refractivity contribution in [3.05, 3.63) is 69.9 Å². The van der Waals surface area contributed by atoms with Gasteiger partial charge in [-0.15, -0.1) is 0 Å². The van der Waals surface area contributed by atoms with Crippen molar-refractivity contribution in [1.82, 2.24) is 5.43 Å². The van der Waals surface area contributed by atoms with Gasteiger partial charge < -0.3 is 4.42 Å². The molecule has 21 heavy (non-hydrogen) atoms. The molecule has 1 heterocycles. The van der Waals surface area contributed by atoms with Crippen molar-refractivity contribution in [2.24, 2.45) is 5.84 Å². The predicted molar refractivity (Wildman–Crippen MR) is 79.4 cm³/mol. The quantitative estimate of drug-likeness (QED) is 0.552. The van der Waals surface area contributed by atoms with Crippen LogP contribution in [0.25, 0.3) is 11.0 Å². The van der Waals surface area contributed by atoms with Crippen molar-refractivity contribution in [2.45, 2.75) is 6.04 Å². The molecule has 0 radical (unpaired) electrons. The van der Waals surface area contributed by atoms with E-state index in [4.69, 9.17) is 10.3 Å². The number of benzene rings is 2. The van der Waals surface area contributed by atoms with Gasteiger partial charge in [-0.25, -0.2) is 14.2 Å². The number of nitrogens with one attached hydrogen (secondary N) is 1. The molecule has 1 unspecified atom stereocenters. The second-order valence-corrected chi connectivity index (χ2v) is 5.43. The average Bonchev–Trinajstić information content (AvgIpc) is 2.87. The Hall–Kier alpha value is -1.76. The average molecular weight is 353 g/mol. The maximum absolute atomic E-state index is 14.2. The summed E-state index contributed by atoms with van der Waals surface area (Å²) in [5.41, 5.74) is 3.38. The fraction of sp³-hybridized carbons (Fsp3) is 0.0667. The van der Waals surface area contributed by atoms with Crippen molar-refractivity contribution in [3.63, 3.8) is 0 Å². The summed E-state index contributed by atoms with van der Waals surface area (Å²) >= 11 is 3.14. The van der Waals surface area contributed by atoms with Crippen LogP contribution in [0.15, 0.2) is 51.4 Å². The Morgan fingerprint density at radius 1 is 1.14 bits per heavy atom. The molecule has 2 aromatic carbocycles. The van der Waals surface area contributed by atoms with Crippen LogP contribution >= 0.6 is 15.9 Å². The van der Waals surface area contributed by atoms with Crippen LogP contribution in [0.1, 0.15) is 17.4 Å². The summed E-state index contributed by atoms with van der Waals surface area (Å²) in [6.07, 6.45) is 0. The van der Waals surface area contributed by atoms with Crippen LogP contribution in [-0.2, 0) is 0 Å². The summed E-state index contributed by atoms with van der Waals surface area (Å²) in [6.45, 7) is 0. The van der Waals surface area contributed by atoms with E-state index in [0.717, 1.165) is 0 Å². The van der Waals surface area contributed by atoms with Crippen LogP contribution < -0.4 is 11.3 Å². The zero-order valence-electron chi connectivity index (χ0n) is 10.7. The third-order valence-electron chi connectivity index (χ3n) is 3.24. The van der Waals surface area contributed by atoms with Crippen molar-refractivity contribution in [1.29, 1.82) is 0 Å². The van der Waals surface area contributed by atoms with Gasteiger partial charge in [-0.2, -0.15) is 0 Å². The monoisotopic (exact) mass is 352 g/mol. The van der Waals surface area contributed by atoms with Gasteiger partial charge in [-0.1, -0.05) is 12.1 Å². The van der Waals surface area contributed by atoms with E-state index in [2.05, 4.69) is 21.4 Å². The van der Waals surface area contributed by atoms with E-state index in [1.807, 2.05) is 0 Å². The van der Waals surface area contributed by atoms with Crippen molar-refractivity contribution < 1.29 is 13.2 Å². The lowest BCUT2D eigenvalue weighted by Gasteiger charge is -2.15. The molecule has 1 atom stereocenters. The minimum atomic E-state index is -0.669. The maximum Gasteiger partial charge on any atom is 0.142 e. The standard InChI is InChI=1S/C15H11BrF2N2O/c16-11-3-1-2-10(14(11)18)15(20-19)13-7-8-6-9(17)4-5-12(8)21-13/h1-7,15,20H,19H2. The summed E-state index contributed by atoms with van der Waals surface area (Å²) < 4.78 is 33.4. The van der Waals surface area contributed by atoms with Crippen LogP contribution in [0.4, 0.5) is 8.78 Å². The smallest absolute Gasteiger partial charge is 0.142 e. The van der Waals surface area contributed by atoms with Gasteiger partial charge in [-0.3, -0.25) is 5.84 Å². The summed E-state index contributed by atoms with van der Waals surface area (Å²) in [4.78, 5) is 0. The highest BCUT2D eigenvalue weighted by Gasteiger charge is 2.21. The Kier molecular flexibility index (Phi) is 3.75. The Bertz CT molecular complexity index is 803. The lowest BCUT2D eigenvalue weighted by atomic mass is 10.0. The molecule has 0 aliphatic heterocycles. The van der Waals surface area contributed by atoms with Gasteiger partial charge in [-0.05, 0) is 46.3 Å². The van der Waals surface area contributed by atoms with E-state index < -0.39 is 11.9 Å². The van der Waals surface area contributed by atoms with E-state index in [0.29, 0.717) is 26.8 Å². The van der Waals surface area contributed by atoms with Gasteiger partial charge in [0.15, 0.2) is 0 Å². The molecular weight excluding hydrogens is 342 g/mol. The van der Waals surface area contributed by atoms with E-state index in [1.54, 1.807) is 24.3 Å². The van der Waals surface area contributed by atoms with Gasteiger partial charge in [0.25, 0.3) is 0 Å². The molecule has 0 aliphatic carbocycles. The lowest BCUT2D eigenvalue weighted by molar-refractivity contribution is 0.461. The van der Waals surface area contributed by atoms with E-state index >= 15 is 0 Å². The highest BCUT2D eigenvalue weighted by atomic mass is 79.9. The Morgan fingerprint density at radius 3 is 2.71 bits per heavy atom. The third kappa shape index (κ3) is 2.57. The summed E-state index contributed by atoms with van der Waals surface area (Å²) in [6, 6.07) is 10.1. The minimum Gasteiger partial charge on any atom is -0.459 e. The molecule has 0 fully saturated rings. The second-order valence-electron chi connectivity index (χ2n) is 4.57. The van der Waals surface area contributed by atoms with Crippen LogP contribution in [0, 0.1) is 11.6 Å². The number of halogens is 3. The molecule has 3 rings (SSSR count). The molecule has 3 N–H and O–H groups in total. The maximum atomic E-state index is 14.2. The largest absolute Gasteiger partial charge is 0.459 e. The fourth-order valence-electron chi connectivity index (χ4n) is 2.25. The van der Waals surface area contributed by atoms with Crippen LogP contribution in [0.5, 0.6) is 0 Å². The number of fused-ring (bicyclic) bond motifs is 1. The Morgan fingerprint density at radius 2 is 1.95 bits per heavy atom. The SMILES string of the molecule is NNC(c1cc2cc(F)ccc2o1)c1cccc(Br)c1F. The number of hydrogen-bond donors (Lipinski definition) is 2. The molecule has 0 bridgehead atoms. The molecule has 3 aromatic rings. The van der Waals surface area contributed by atoms with E-state index in [-0.39, 0.29) is 5.82 Å². The Labute approximate surface area is 127 Å². The molecule has 108 valence electrons. The third-order valence-corrected chi connectivity index (χ3v) is 3.85. The molecule has 0 saturated heterocycles. The first-order valence-corrected chi connectivity index (χ1v) is 6.98. The van der Waals surface area contributed by atoms with Crippen molar-refractivity contribution in [2.75, 3.05) is 0 Å². The zero-order valence-corrected chi connectivity index (χ0v) is 12.3. The number of furan rings is 1. The molecular formula is C15H11BrF2N2O. The Balaban J connectivity index is 2.11. The topological polar surface area (TPSA) is 51.2 Å². The lowest BCUT2D eigenvalue weighted by Crippen LogP contribution is -2.29. The molecule has 0 spiro atoms. The van der Waals surface area contributed by atoms with E-state index in [9.17, 15) is 8.78 Å². The number of hydrazine groups is 1. The van der Waals surface area contributed by atoms with Gasteiger partial charge in [0.2, 0.25) is 0 Å². The first-order valence-electron chi connectivity index (χ1n) is 6.19. The molecule has 3 nitrogen and oxygen atoms in total. The second kappa shape index (κ2) is 5.55. The number of hydrogen-bond acceptors (Lipinski definition) is 3. The molecule has 6 heteroatoms. The first kappa shape index (κ1) is 14.2. The van der Waals surface area contributed by atoms with Crippen molar-refractivity contribution in [3.8, 4) is 0 Å². The fourth-order valence-corrected chi connectivity index (χ4v) is 2.63. The molecule has 0 aliphatic rings. The normalized spacial score (nSPS) is 12.8. The van der Waals surface area contributed by atoms with Gasteiger partial charge >= 0.3 is 0 Å². The number of nitrogens with two attached hydrogens (primary N) is 1. The zero-order chi connectivity index (χ0) is 15.0. The molecule has 0 amide bonds. The van der Waals surface area contributed by atoms with Gasteiger partial charge in [0.05, 0.1) is 4.47 Å². The summed E-state index contributed by atoms with van der Waals surface area (Å²) in [5, 5.41) is 0.598. The summed E-state index contributed by atoms with van der Waals surface area (Å²) in [5.74, 6) is 5.17. The van der Waals surface area contributed by atoms with Crippen LogP contribution in [-0.4, -0.2) is 0 Å². The number of rotatable bonds is 3. The van der Waals surface area contributed by atoms with E-state index in [1.165, 1.54) is 18.2 Å². The highest BCUT2D eigenvalue weighted by molar-refractivity contribution is 9.10. The predicted octanol–water partition coefficient (Wildman–Crippen LogP) is 4.03. The molecule has 0 saturated carbocycles.